The van der Waals surface area contributed by atoms with Crippen molar-refractivity contribution in [1.29, 1.82) is 0 Å². The zero-order valence-electron chi connectivity index (χ0n) is 15.7. The van der Waals surface area contributed by atoms with E-state index in [9.17, 15) is 17.6 Å². The van der Waals surface area contributed by atoms with E-state index in [0.717, 1.165) is 11.0 Å². The quantitative estimate of drug-likeness (QED) is 0.381. The third-order valence-corrected chi connectivity index (χ3v) is 7.25. The van der Waals surface area contributed by atoms with E-state index in [-0.39, 0.29) is 0 Å². The number of carbonyl (C=O) groups excluding carboxylic acids is 1. The second-order valence-corrected chi connectivity index (χ2v) is 10.3. The number of hydrogen-bond donors (Lipinski definition) is 2. The molecule has 2 aromatic rings. The monoisotopic (exact) mass is 476 g/mol. The molecule has 1 amide bonds. The molecule has 0 aliphatic rings. The maximum absolute atomic E-state index is 13.9. The minimum atomic E-state index is -4.16. The lowest BCUT2D eigenvalue weighted by Gasteiger charge is -2.18. The van der Waals surface area contributed by atoms with Crippen LogP contribution in [-0.2, 0) is 14.8 Å². The third kappa shape index (κ3) is 7.82. The van der Waals surface area contributed by atoms with Crippen LogP contribution in [0, 0.1) is 5.82 Å². The summed E-state index contributed by atoms with van der Waals surface area (Å²) in [4.78, 5) is 13.1. The molecule has 5 nitrogen and oxygen atoms in total. The van der Waals surface area contributed by atoms with E-state index in [2.05, 4.69) is 10.0 Å². The van der Waals surface area contributed by atoms with Gasteiger partial charge >= 0.3 is 0 Å². The van der Waals surface area contributed by atoms with Gasteiger partial charge in [-0.15, -0.1) is 11.8 Å². The summed E-state index contributed by atoms with van der Waals surface area (Å²) in [6.45, 7) is 0.364. The Morgan fingerprint density at radius 3 is 2.48 bits per heavy atom. The zero-order chi connectivity index (χ0) is 21.3. The van der Waals surface area contributed by atoms with Gasteiger partial charge in [-0.25, -0.2) is 12.8 Å². The molecule has 2 N–H and O–H groups in total. The van der Waals surface area contributed by atoms with Gasteiger partial charge in [-0.1, -0.05) is 23.7 Å². The molecule has 0 aliphatic carbocycles. The van der Waals surface area contributed by atoms with Crippen molar-refractivity contribution in [3.8, 4) is 0 Å². The molecular weight excluding hydrogens is 455 g/mol. The first-order chi connectivity index (χ1) is 13.8. The first kappa shape index (κ1) is 24.0. The van der Waals surface area contributed by atoms with Gasteiger partial charge < -0.3 is 5.32 Å². The Labute approximate surface area is 184 Å². The van der Waals surface area contributed by atoms with Crippen LogP contribution in [0.2, 0.25) is 5.02 Å². The molecule has 0 radical (unpaired) electrons. The Balaban J connectivity index is 1.94. The highest BCUT2D eigenvalue weighted by atomic mass is 35.5. The molecule has 0 aliphatic heterocycles. The minimum Gasteiger partial charge on any atom is -0.354 e. The molecule has 29 heavy (non-hydrogen) atoms. The first-order valence-electron chi connectivity index (χ1n) is 8.75. The highest BCUT2D eigenvalue weighted by Crippen LogP contribution is 2.20. The number of carbonyl (C=O) groups is 1. The van der Waals surface area contributed by atoms with E-state index in [1.807, 2.05) is 18.4 Å². The predicted molar refractivity (Wildman–Crippen MR) is 119 cm³/mol. The number of sulfonamides is 1. The van der Waals surface area contributed by atoms with Crippen LogP contribution < -0.4 is 10.0 Å². The summed E-state index contributed by atoms with van der Waals surface area (Å²) in [5, 5.41) is 3.40. The zero-order valence-corrected chi connectivity index (χ0v) is 18.9. The number of hydrogen-bond acceptors (Lipinski definition) is 5. The van der Waals surface area contributed by atoms with Gasteiger partial charge in [0, 0.05) is 22.2 Å². The van der Waals surface area contributed by atoms with Gasteiger partial charge in [0.05, 0.1) is 0 Å². The van der Waals surface area contributed by atoms with Crippen molar-refractivity contribution >= 4 is 51.1 Å². The van der Waals surface area contributed by atoms with Gasteiger partial charge in [0.15, 0.2) is 0 Å². The normalized spacial score (nSPS) is 12.5. The number of amides is 1. The van der Waals surface area contributed by atoms with Crippen LogP contribution in [0.4, 0.5) is 4.39 Å². The standard InChI is InChI=1S/C19H22ClFN2O3S3/c1-27-12-10-17(23-29(25,26)18-5-3-2-4-16(18)21)19(24)22-11-13-28-15-8-6-14(20)7-9-15/h2-9,17,23H,10-13H2,1H3,(H,22,24). The summed E-state index contributed by atoms with van der Waals surface area (Å²) >= 11 is 8.89. The van der Waals surface area contributed by atoms with Crippen molar-refractivity contribution in [2.24, 2.45) is 0 Å². The fourth-order valence-corrected chi connectivity index (χ4v) is 5.06. The highest BCUT2D eigenvalue weighted by molar-refractivity contribution is 7.99. The minimum absolute atomic E-state index is 0.297. The highest BCUT2D eigenvalue weighted by Gasteiger charge is 2.27. The molecule has 0 saturated carbocycles. The summed E-state index contributed by atoms with van der Waals surface area (Å²) < 4.78 is 41.3. The first-order valence-corrected chi connectivity index (χ1v) is 13.0. The average molecular weight is 477 g/mol. The van der Waals surface area contributed by atoms with E-state index < -0.39 is 32.7 Å². The molecule has 0 spiro atoms. The maximum Gasteiger partial charge on any atom is 0.244 e. The Hall–Kier alpha value is -1.26. The predicted octanol–water partition coefficient (Wildman–Crippen LogP) is 3.79. The Kier molecular flexibility index (Phi) is 9.78. The second-order valence-electron chi connectivity index (χ2n) is 5.98. The fraction of sp³-hybridized carbons (Fsp3) is 0.316. The Bertz CT molecular complexity index is 911. The van der Waals surface area contributed by atoms with Gasteiger partial charge in [0.1, 0.15) is 16.8 Å². The molecule has 0 heterocycles. The van der Waals surface area contributed by atoms with Crippen LogP contribution in [0.1, 0.15) is 6.42 Å². The van der Waals surface area contributed by atoms with Crippen molar-refractivity contribution in [3.63, 3.8) is 0 Å². The van der Waals surface area contributed by atoms with Crippen molar-refractivity contribution in [3.05, 3.63) is 59.4 Å². The molecule has 0 bridgehead atoms. The number of halogens is 2. The number of rotatable bonds is 11. The molecule has 1 atom stereocenters. The molecule has 10 heteroatoms. The van der Waals surface area contributed by atoms with Crippen molar-refractivity contribution in [2.45, 2.75) is 22.3 Å². The summed E-state index contributed by atoms with van der Waals surface area (Å²) in [5.41, 5.74) is 0. The SMILES string of the molecule is CSCCC(NS(=O)(=O)c1ccccc1F)C(=O)NCCSc1ccc(Cl)cc1. The van der Waals surface area contributed by atoms with Crippen LogP contribution in [0.5, 0.6) is 0 Å². The van der Waals surface area contributed by atoms with E-state index in [1.165, 1.54) is 30.0 Å². The summed E-state index contributed by atoms with van der Waals surface area (Å²) in [5.74, 6) is -0.0980. The van der Waals surface area contributed by atoms with Crippen molar-refractivity contribution in [1.82, 2.24) is 10.0 Å². The lowest BCUT2D eigenvalue weighted by atomic mass is 10.2. The molecule has 158 valence electrons. The number of thioether (sulfide) groups is 2. The largest absolute Gasteiger partial charge is 0.354 e. The summed E-state index contributed by atoms with van der Waals surface area (Å²) in [6, 6.07) is 11.5. The summed E-state index contributed by atoms with van der Waals surface area (Å²) in [6.07, 6.45) is 2.16. The van der Waals surface area contributed by atoms with E-state index in [4.69, 9.17) is 11.6 Å². The van der Waals surface area contributed by atoms with E-state index >= 15 is 0 Å². The Morgan fingerprint density at radius 1 is 1.14 bits per heavy atom. The number of nitrogens with one attached hydrogen (secondary N) is 2. The van der Waals surface area contributed by atoms with E-state index in [0.29, 0.717) is 29.5 Å². The topological polar surface area (TPSA) is 75.3 Å². The third-order valence-electron chi connectivity index (χ3n) is 3.83. The van der Waals surface area contributed by atoms with Gasteiger partial charge in [0.25, 0.3) is 0 Å². The van der Waals surface area contributed by atoms with E-state index in [1.54, 1.807) is 23.9 Å². The molecule has 0 fully saturated rings. The van der Waals surface area contributed by atoms with Crippen molar-refractivity contribution in [2.75, 3.05) is 24.3 Å². The van der Waals surface area contributed by atoms with Crippen LogP contribution in [0.15, 0.2) is 58.3 Å². The molecular formula is C19H22ClFN2O3S3. The van der Waals surface area contributed by atoms with Crippen LogP contribution in [-0.4, -0.2) is 44.7 Å². The lowest BCUT2D eigenvalue weighted by molar-refractivity contribution is -0.122. The van der Waals surface area contributed by atoms with Crippen LogP contribution >= 0.6 is 35.1 Å². The van der Waals surface area contributed by atoms with Crippen molar-refractivity contribution < 1.29 is 17.6 Å². The maximum atomic E-state index is 13.9. The smallest absolute Gasteiger partial charge is 0.244 e. The van der Waals surface area contributed by atoms with Gasteiger partial charge in [-0.05, 0) is 54.8 Å². The summed E-state index contributed by atoms with van der Waals surface area (Å²) in [7, 11) is -4.16. The van der Waals surface area contributed by atoms with Crippen LogP contribution in [0.3, 0.4) is 0 Å². The fourth-order valence-electron chi connectivity index (χ4n) is 2.39. The second kappa shape index (κ2) is 11.8. The van der Waals surface area contributed by atoms with Gasteiger partial charge in [0.2, 0.25) is 15.9 Å². The molecule has 2 rings (SSSR count). The molecule has 0 aromatic heterocycles. The Morgan fingerprint density at radius 2 is 1.83 bits per heavy atom. The number of benzene rings is 2. The molecule has 0 saturated heterocycles. The van der Waals surface area contributed by atoms with Gasteiger partial charge in [-0.3, -0.25) is 4.79 Å². The lowest BCUT2D eigenvalue weighted by Crippen LogP contribution is -2.47. The van der Waals surface area contributed by atoms with Gasteiger partial charge in [-0.2, -0.15) is 16.5 Å². The molecule has 2 aromatic carbocycles. The average Bonchev–Trinajstić information content (AvgIpc) is 2.69. The van der Waals surface area contributed by atoms with Crippen LogP contribution in [0.25, 0.3) is 0 Å². The molecule has 1 unspecified atom stereocenters.